The average molecular weight is 299 g/mol. The van der Waals surface area contributed by atoms with E-state index >= 15 is 0 Å². The van der Waals surface area contributed by atoms with E-state index in [1.165, 1.54) is 0 Å². The van der Waals surface area contributed by atoms with Gasteiger partial charge in [-0.25, -0.2) is 0 Å². The highest BCUT2D eigenvalue weighted by Crippen LogP contribution is 2.45. The first kappa shape index (κ1) is 14.7. The number of halogens is 1. The van der Waals surface area contributed by atoms with Crippen LogP contribution >= 0.6 is 23.4 Å². The third-order valence-electron chi connectivity index (χ3n) is 3.28. The van der Waals surface area contributed by atoms with Crippen LogP contribution < -0.4 is 5.32 Å². The SMILES string of the molecule is CC[C@H]1S[C@@H](c2ccccc2Cl)N(CCNC)C1=O. The predicted molar refractivity (Wildman–Crippen MR) is 81.5 cm³/mol. The van der Waals surface area contributed by atoms with E-state index in [0.717, 1.165) is 23.6 Å². The van der Waals surface area contributed by atoms with Crippen molar-refractivity contribution in [3.05, 3.63) is 34.9 Å². The smallest absolute Gasteiger partial charge is 0.236 e. The van der Waals surface area contributed by atoms with Crippen molar-refractivity contribution in [2.45, 2.75) is 24.0 Å². The fourth-order valence-electron chi connectivity index (χ4n) is 2.23. The van der Waals surface area contributed by atoms with Crippen molar-refractivity contribution in [2.75, 3.05) is 20.1 Å². The Kier molecular flexibility index (Phi) is 5.13. The van der Waals surface area contributed by atoms with Gasteiger partial charge in [0.25, 0.3) is 0 Å². The Labute approximate surface area is 123 Å². The molecule has 1 N–H and O–H groups in total. The minimum atomic E-state index is 0.0412. The molecule has 1 aliphatic heterocycles. The molecular weight excluding hydrogens is 280 g/mol. The monoisotopic (exact) mass is 298 g/mol. The summed E-state index contributed by atoms with van der Waals surface area (Å²) in [6.45, 7) is 3.57. The molecule has 1 aromatic rings. The standard InChI is InChI=1S/C14H19ClN2OS/c1-3-12-13(18)17(9-8-16-2)14(19-12)10-6-4-5-7-11(10)15/h4-7,12,14,16H,3,8-9H2,1-2H3/t12-,14+/m1/s1. The average Bonchev–Trinajstić information content (AvgIpc) is 2.73. The summed E-state index contributed by atoms with van der Waals surface area (Å²) in [5.41, 5.74) is 1.04. The van der Waals surface area contributed by atoms with Crippen LogP contribution in [0.5, 0.6) is 0 Å². The van der Waals surface area contributed by atoms with Gasteiger partial charge in [-0.1, -0.05) is 36.7 Å². The molecule has 0 unspecified atom stereocenters. The highest BCUT2D eigenvalue weighted by molar-refractivity contribution is 8.01. The van der Waals surface area contributed by atoms with Crippen molar-refractivity contribution in [1.82, 2.24) is 10.2 Å². The molecule has 1 aliphatic rings. The Bertz CT molecular complexity index is 455. The number of nitrogens with one attached hydrogen (secondary N) is 1. The van der Waals surface area contributed by atoms with Gasteiger partial charge >= 0.3 is 0 Å². The fourth-order valence-corrected chi connectivity index (χ4v) is 4.00. The van der Waals surface area contributed by atoms with Crippen LogP contribution in [0.4, 0.5) is 0 Å². The van der Waals surface area contributed by atoms with Gasteiger partial charge in [-0.05, 0) is 19.5 Å². The maximum atomic E-state index is 12.4. The van der Waals surface area contributed by atoms with Gasteiger partial charge in [0.05, 0.1) is 5.25 Å². The van der Waals surface area contributed by atoms with Gasteiger partial charge in [0.15, 0.2) is 0 Å². The van der Waals surface area contributed by atoms with Gasteiger partial charge in [0.1, 0.15) is 5.37 Å². The quantitative estimate of drug-likeness (QED) is 0.907. The molecule has 0 bridgehead atoms. The zero-order valence-corrected chi connectivity index (χ0v) is 12.8. The van der Waals surface area contributed by atoms with E-state index in [9.17, 15) is 4.79 Å². The highest BCUT2D eigenvalue weighted by atomic mass is 35.5. The van der Waals surface area contributed by atoms with Crippen LogP contribution in [0.25, 0.3) is 0 Å². The van der Waals surface area contributed by atoms with Crippen LogP contribution in [0.1, 0.15) is 24.3 Å². The molecular formula is C14H19ClN2OS. The predicted octanol–water partition coefficient (Wildman–Crippen LogP) is 2.91. The molecule has 2 rings (SSSR count). The lowest BCUT2D eigenvalue weighted by Crippen LogP contribution is -2.35. The van der Waals surface area contributed by atoms with Crippen LogP contribution in [0.15, 0.2) is 24.3 Å². The van der Waals surface area contributed by atoms with E-state index in [0.29, 0.717) is 6.54 Å². The first-order valence-electron chi connectivity index (χ1n) is 6.54. The molecule has 1 fully saturated rings. The van der Waals surface area contributed by atoms with Crippen LogP contribution in [-0.2, 0) is 4.79 Å². The van der Waals surface area contributed by atoms with Gasteiger partial charge in [0.2, 0.25) is 5.91 Å². The molecule has 0 radical (unpaired) electrons. The lowest BCUT2D eigenvalue weighted by molar-refractivity contribution is -0.130. The molecule has 0 aromatic heterocycles. The molecule has 0 aliphatic carbocycles. The minimum absolute atomic E-state index is 0.0412. The molecule has 1 aromatic carbocycles. The molecule has 1 heterocycles. The number of likely N-dealkylation sites (N-methyl/N-ethyl adjacent to an activating group) is 1. The number of carbonyl (C=O) groups excluding carboxylic acids is 1. The Morgan fingerprint density at radius 2 is 2.16 bits per heavy atom. The molecule has 1 amide bonds. The van der Waals surface area contributed by atoms with E-state index < -0.39 is 0 Å². The number of hydrogen-bond donors (Lipinski definition) is 1. The van der Waals surface area contributed by atoms with Crippen molar-refractivity contribution in [3.8, 4) is 0 Å². The molecule has 0 saturated carbocycles. The number of thioether (sulfide) groups is 1. The number of nitrogens with zero attached hydrogens (tertiary/aromatic N) is 1. The van der Waals surface area contributed by atoms with E-state index in [-0.39, 0.29) is 16.5 Å². The van der Waals surface area contributed by atoms with Gasteiger partial charge in [-0.15, -0.1) is 11.8 Å². The molecule has 5 heteroatoms. The molecule has 104 valence electrons. The molecule has 0 spiro atoms. The molecule has 3 nitrogen and oxygen atoms in total. The Balaban J connectivity index is 2.26. The lowest BCUT2D eigenvalue weighted by Gasteiger charge is -2.24. The van der Waals surface area contributed by atoms with Crippen molar-refractivity contribution >= 4 is 29.3 Å². The molecule has 19 heavy (non-hydrogen) atoms. The zero-order chi connectivity index (χ0) is 13.8. The van der Waals surface area contributed by atoms with E-state index in [1.54, 1.807) is 11.8 Å². The molecule has 2 atom stereocenters. The van der Waals surface area contributed by atoms with Gasteiger partial charge in [-0.3, -0.25) is 4.79 Å². The van der Waals surface area contributed by atoms with Crippen molar-refractivity contribution < 1.29 is 4.79 Å². The fraction of sp³-hybridized carbons (Fsp3) is 0.500. The number of amides is 1. The topological polar surface area (TPSA) is 32.3 Å². The van der Waals surface area contributed by atoms with Crippen LogP contribution in [0, 0.1) is 0 Å². The Morgan fingerprint density at radius 1 is 1.42 bits per heavy atom. The van der Waals surface area contributed by atoms with Crippen LogP contribution in [-0.4, -0.2) is 36.2 Å². The van der Waals surface area contributed by atoms with Gasteiger partial charge in [-0.2, -0.15) is 0 Å². The van der Waals surface area contributed by atoms with E-state index in [4.69, 9.17) is 11.6 Å². The largest absolute Gasteiger partial charge is 0.324 e. The lowest BCUT2D eigenvalue weighted by atomic mass is 10.2. The van der Waals surface area contributed by atoms with Gasteiger partial charge in [0, 0.05) is 23.7 Å². The summed E-state index contributed by atoms with van der Waals surface area (Å²) < 4.78 is 0. The van der Waals surface area contributed by atoms with Crippen LogP contribution in [0.2, 0.25) is 5.02 Å². The van der Waals surface area contributed by atoms with Crippen molar-refractivity contribution in [3.63, 3.8) is 0 Å². The Hall–Kier alpha value is -0.710. The second-order valence-electron chi connectivity index (χ2n) is 4.54. The maximum absolute atomic E-state index is 12.4. The summed E-state index contributed by atoms with van der Waals surface area (Å²) in [4.78, 5) is 14.3. The highest BCUT2D eigenvalue weighted by Gasteiger charge is 2.40. The second kappa shape index (κ2) is 6.64. The van der Waals surface area contributed by atoms with Crippen molar-refractivity contribution in [1.29, 1.82) is 0 Å². The zero-order valence-electron chi connectivity index (χ0n) is 11.2. The number of carbonyl (C=O) groups is 1. The van der Waals surface area contributed by atoms with E-state index in [2.05, 4.69) is 12.2 Å². The summed E-state index contributed by atoms with van der Waals surface area (Å²) in [7, 11) is 1.90. The first-order chi connectivity index (χ1) is 9.19. The minimum Gasteiger partial charge on any atom is -0.324 e. The number of hydrogen-bond acceptors (Lipinski definition) is 3. The summed E-state index contributed by atoms with van der Waals surface area (Å²) in [6.07, 6.45) is 0.862. The normalized spacial score (nSPS) is 23.1. The summed E-state index contributed by atoms with van der Waals surface area (Å²) in [5, 5.41) is 3.93. The number of rotatable bonds is 5. The van der Waals surface area contributed by atoms with Crippen LogP contribution in [0.3, 0.4) is 0 Å². The number of benzene rings is 1. The summed E-state index contributed by atoms with van der Waals surface area (Å²) in [5.74, 6) is 0.229. The third kappa shape index (κ3) is 3.07. The second-order valence-corrected chi connectivity index (χ2v) is 6.24. The van der Waals surface area contributed by atoms with Crippen molar-refractivity contribution in [2.24, 2.45) is 0 Å². The Morgan fingerprint density at radius 3 is 2.79 bits per heavy atom. The molecule has 1 saturated heterocycles. The maximum Gasteiger partial charge on any atom is 0.236 e. The third-order valence-corrected chi connectivity index (χ3v) is 5.25. The summed E-state index contributed by atoms with van der Waals surface area (Å²) in [6, 6.07) is 7.79. The first-order valence-corrected chi connectivity index (χ1v) is 7.86. The summed E-state index contributed by atoms with van der Waals surface area (Å²) >= 11 is 7.98. The van der Waals surface area contributed by atoms with Gasteiger partial charge < -0.3 is 10.2 Å². The van der Waals surface area contributed by atoms with E-state index in [1.807, 2.05) is 36.2 Å².